The molecule has 8 rings (SSSR count). The van der Waals surface area contributed by atoms with Crippen molar-refractivity contribution in [3.05, 3.63) is 176 Å². The van der Waals surface area contributed by atoms with Crippen molar-refractivity contribution in [2.45, 2.75) is 0 Å². The number of fused-ring (bicyclic) bond motifs is 2. The summed E-state index contributed by atoms with van der Waals surface area (Å²) in [5.74, 6) is 0.0983. The number of carboxylic acid groups (broad SMARTS) is 1. The van der Waals surface area contributed by atoms with Crippen LogP contribution < -0.4 is 14.8 Å². The molecule has 0 aliphatic carbocycles. The van der Waals surface area contributed by atoms with E-state index < -0.39 is 13.6 Å². The van der Waals surface area contributed by atoms with Gasteiger partial charge in [0.25, 0.3) is 0 Å². The van der Waals surface area contributed by atoms with Crippen LogP contribution in [0.25, 0.3) is 44.3 Å². The summed E-state index contributed by atoms with van der Waals surface area (Å²) >= 11 is 0. The van der Waals surface area contributed by atoms with E-state index in [9.17, 15) is 14.5 Å². The Labute approximate surface area is 306 Å². The van der Waals surface area contributed by atoms with E-state index in [2.05, 4.69) is 19.9 Å². The predicted octanol–water partition coefficient (Wildman–Crippen LogP) is 9.84. The fourth-order valence-electron chi connectivity index (χ4n) is 5.22. The Morgan fingerprint density at radius 1 is 0.604 bits per heavy atom. The average molecular weight is 720 g/mol. The molecule has 0 aliphatic heterocycles. The molecule has 0 spiro atoms. The largest absolute Gasteiger partial charge is 0.478 e. The number of hydrogen-bond acceptors (Lipinski definition) is 9. The van der Waals surface area contributed by atoms with Gasteiger partial charge in [-0.15, -0.1) is 0 Å². The van der Waals surface area contributed by atoms with Crippen molar-refractivity contribution >= 4 is 41.1 Å². The zero-order valence-electron chi connectivity index (χ0n) is 28.6. The van der Waals surface area contributed by atoms with Crippen LogP contribution in [0.1, 0.15) is 10.4 Å². The van der Waals surface area contributed by atoms with Crippen LogP contribution in [-0.2, 0) is 4.57 Å². The van der Waals surface area contributed by atoms with Gasteiger partial charge in [0.1, 0.15) is 11.5 Å². The van der Waals surface area contributed by atoms with Crippen molar-refractivity contribution in [1.29, 1.82) is 0 Å². The molecule has 0 amide bonds. The second kappa shape index (κ2) is 16.9. The van der Waals surface area contributed by atoms with E-state index in [0.29, 0.717) is 33.8 Å². The second-order valence-corrected chi connectivity index (χ2v) is 13.5. The van der Waals surface area contributed by atoms with E-state index in [1.165, 1.54) is 12.9 Å². The Morgan fingerprint density at radius 3 is 1.49 bits per heavy atom. The Bertz CT molecular complexity index is 2450. The van der Waals surface area contributed by atoms with Gasteiger partial charge in [-0.25, -0.2) is 19.3 Å². The number of nitrogen functional groups attached to an aromatic ring is 1. The number of rotatable bonds is 7. The monoisotopic (exact) mass is 719 g/mol. The van der Waals surface area contributed by atoms with Crippen molar-refractivity contribution in [1.82, 2.24) is 19.9 Å². The van der Waals surface area contributed by atoms with E-state index in [4.69, 9.17) is 14.8 Å². The number of anilines is 1. The van der Waals surface area contributed by atoms with E-state index in [0.717, 1.165) is 27.7 Å². The summed E-state index contributed by atoms with van der Waals surface area (Å²) in [4.78, 5) is 28.4. The molecular formula is C42H34N5O5P. The van der Waals surface area contributed by atoms with Gasteiger partial charge in [0.2, 0.25) is 0 Å². The number of hydrogen-bond donors (Lipinski definition) is 2. The molecule has 4 aromatic heterocycles. The minimum absolute atomic E-state index is 0.219. The predicted molar refractivity (Wildman–Crippen MR) is 209 cm³/mol. The SMILES string of the molecule is CP(=O)(Oc1ccccc1)Oc1ccccc1.Nc1cc(-c2ccccc2)nc2ccncc12.O=C(O)c1cc(-c2ccccc2)nc2ccncc12. The lowest BCUT2D eigenvalue weighted by molar-refractivity contribution is 0.0699. The fraction of sp³-hybridized carbons (Fsp3) is 0.0238. The molecule has 262 valence electrons. The molecule has 11 heteroatoms. The normalized spacial score (nSPS) is 10.7. The molecule has 8 aromatic rings. The first kappa shape index (κ1) is 35.9. The zero-order chi connectivity index (χ0) is 37.0. The van der Waals surface area contributed by atoms with Crippen LogP contribution in [0.3, 0.4) is 0 Å². The third-order valence-electron chi connectivity index (χ3n) is 7.65. The van der Waals surface area contributed by atoms with E-state index >= 15 is 0 Å². The van der Waals surface area contributed by atoms with Crippen LogP contribution in [0.2, 0.25) is 0 Å². The molecule has 0 unspecified atom stereocenters. The smallest absolute Gasteiger partial charge is 0.427 e. The third kappa shape index (κ3) is 9.67. The van der Waals surface area contributed by atoms with Gasteiger partial charge >= 0.3 is 13.6 Å². The van der Waals surface area contributed by atoms with Gasteiger partial charge in [-0.05, 0) is 48.5 Å². The Hall–Kier alpha value is -6.90. The van der Waals surface area contributed by atoms with Crippen LogP contribution in [0.5, 0.6) is 11.5 Å². The van der Waals surface area contributed by atoms with Crippen LogP contribution in [-0.4, -0.2) is 37.7 Å². The van der Waals surface area contributed by atoms with Crippen molar-refractivity contribution in [2.24, 2.45) is 0 Å². The molecule has 0 fully saturated rings. The quantitative estimate of drug-likeness (QED) is 0.152. The summed E-state index contributed by atoms with van der Waals surface area (Å²) in [5.41, 5.74) is 12.0. The molecule has 3 N–H and O–H groups in total. The number of carboxylic acids is 1. The number of nitrogens with two attached hydrogens (primary N) is 1. The minimum atomic E-state index is -3.14. The number of para-hydroxylation sites is 2. The van der Waals surface area contributed by atoms with Gasteiger partial charge in [0.15, 0.2) is 0 Å². The number of carbonyl (C=O) groups is 1. The van der Waals surface area contributed by atoms with Crippen LogP contribution >= 0.6 is 7.60 Å². The Morgan fingerprint density at radius 2 is 1.02 bits per heavy atom. The van der Waals surface area contributed by atoms with Crippen LogP contribution in [0, 0.1) is 0 Å². The van der Waals surface area contributed by atoms with E-state index in [1.807, 2.05) is 109 Å². The van der Waals surface area contributed by atoms with Gasteiger partial charge in [-0.2, -0.15) is 0 Å². The number of benzene rings is 4. The number of aromatic carboxylic acids is 1. The van der Waals surface area contributed by atoms with Gasteiger partial charge in [0, 0.05) is 52.4 Å². The first-order chi connectivity index (χ1) is 25.8. The molecule has 0 atom stereocenters. The summed E-state index contributed by atoms with van der Waals surface area (Å²) < 4.78 is 22.8. The zero-order valence-corrected chi connectivity index (χ0v) is 29.5. The molecule has 0 radical (unpaired) electrons. The van der Waals surface area contributed by atoms with Crippen LogP contribution in [0.4, 0.5) is 5.69 Å². The lowest BCUT2D eigenvalue weighted by Gasteiger charge is -2.15. The van der Waals surface area contributed by atoms with Crippen molar-refractivity contribution in [2.75, 3.05) is 12.4 Å². The highest BCUT2D eigenvalue weighted by molar-refractivity contribution is 7.53. The van der Waals surface area contributed by atoms with Gasteiger partial charge in [-0.3, -0.25) is 9.97 Å². The molecule has 4 heterocycles. The maximum absolute atomic E-state index is 12.1. The first-order valence-corrected chi connectivity index (χ1v) is 18.4. The first-order valence-electron chi connectivity index (χ1n) is 16.4. The van der Waals surface area contributed by atoms with Gasteiger partial charge in [-0.1, -0.05) is 97.1 Å². The Kier molecular flexibility index (Phi) is 11.4. The summed E-state index contributed by atoms with van der Waals surface area (Å²) in [6.45, 7) is 1.45. The maximum Gasteiger partial charge on any atom is 0.427 e. The second-order valence-electron chi connectivity index (χ2n) is 11.6. The van der Waals surface area contributed by atoms with Gasteiger partial charge < -0.3 is 19.9 Å². The summed E-state index contributed by atoms with van der Waals surface area (Å²) in [5, 5.41) is 10.7. The fourth-order valence-corrected chi connectivity index (χ4v) is 6.26. The lowest BCUT2D eigenvalue weighted by atomic mass is 10.1. The third-order valence-corrected chi connectivity index (χ3v) is 8.74. The highest BCUT2D eigenvalue weighted by Crippen LogP contribution is 2.44. The van der Waals surface area contributed by atoms with Crippen LogP contribution in [0.15, 0.2) is 170 Å². The number of pyridine rings is 4. The van der Waals surface area contributed by atoms with Crippen molar-refractivity contribution in [3.63, 3.8) is 0 Å². The van der Waals surface area contributed by atoms with Crippen molar-refractivity contribution in [3.8, 4) is 34.0 Å². The molecule has 0 aliphatic rings. The number of nitrogens with zero attached hydrogens (tertiary/aromatic N) is 4. The molecule has 4 aromatic carbocycles. The summed E-state index contributed by atoms with van der Waals surface area (Å²) in [7, 11) is -3.14. The number of aromatic nitrogens is 4. The lowest BCUT2D eigenvalue weighted by Crippen LogP contribution is -2.00. The Balaban J connectivity index is 0.000000136. The molecule has 53 heavy (non-hydrogen) atoms. The molecular weight excluding hydrogens is 685 g/mol. The average Bonchev–Trinajstić information content (AvgIpc) is 3.19. The highest BCUT2D eigenvalue weighted by Gasteiger charge is 2.20. The minimum Gasteiger partial charge on any atom is -0.478 e. The topological polar surface area (TPSA) is 150 Å². The summed E-state index contributed by atoms with van der Waals surface area (Å²) in [6.07, 6.45) is 6.60. The van der Waals surface area contributed by atoms with E-state index in [1.54, 1.807) is 55.0 Å². The van der Waals surface area contributed by atoms with Gasteiger partial charge in [0.05, 0.1) is 34.6 Å². The summed E-state index contributed by atoms with van der Waals surface area (Å²) in [6, 6.07) is 44.5. The maximum atomic E-state index is 12.1. The van der Waals surface area contributed by atoms with E-state index in [-0.39, 0.29) is 5.56 Å². The standard InChI is InChI=1S/C15H10N2O2.C14H11N3.C13H13O3P/c18-15(19)11-8-14(10-4-2-1-3-5-10)17-13-6-7-16-9-12(11)13;15-12-8-14(10-4-2-1-3-5-10)17-13-6-7-16-9-11(12)13;1-17(14,15-12-8-4-2-5-9-12)16-13-10-6-3-7-11-13/h1-9H,(H,18,19);1-9H,(H2,15,17);2-11H,1H3. The molecule has 0 saturated carbocycles. The molecule has 0 saturated heterocycles. The highest BCUT2D eigenvalue weighted by atomic mass is 31.2. The van der Waals surface area contributed by atoms with Crippen molar-refractivity contribution < 1.29 is 23.5 Å². The molecule has 10 nitrogen and oxygen atoms in total. The molecule has 0 bridgehead atoms.